The Bertz CT molecular complexity index is 611. The van der Waals surface area contributed by atoms with Crippen molar-refractivity contribution in [3.63, 3.8) is 0 Å². The lowest BCUT2D eigenvalue weighted by molar-refractivity contribution is 0.102. The van der Waals surface area contributed by atoms with E-state index in [1.807, 2.05) is 18.2 Å². The molecule has 0 aliphatic rings. The van der Waals surface area contributed by atoms with Gasteiger partial charge in [-0.3, -0.25) is 4.79 Å². The summed E-state index contributed by atoms with van der Waals surface area (Å²) in [5.41, 5.74) is 1.83. The van der Waals surface area contributed by atoms with Crippen LogP contribution in [0.25, 0.3) is 0 Å². The minimum absolute atomic E-state index is 0.279. The molecule has 0 atom stereocenters. The third-order valence-electron chi connectivity index (χ3n) is 2.83. The highest BCUT2D eigenvalue weighted by Gasteiger charge is 2.09. The summed E-state index contributed by atoms with van der Waals surface area (Å²) in [4.78, 5) is 16.3. The lowest BCUT2D eigenvalue weighted by Gasteiger charge is -2.09. The zero-order valence-corrected chi connectivity index (χ0v) is 12.8. The maximum Gasteiger partial charge on any atom is 0.274 e. The summed E-state index contributed by atoms with van der Waals surface area (Å²) in [5, 5.41) is 6.50. The summed E-state index contributed by atoms with van der Waals surface area (Å²) in [6.45, 7) is 5.13. The number of benzene rings is 1. The van der Waals surface area contributed by atoms with E-state index in [9.17, 15) is 4.79 Å². The fourth-order valence-electron chi connectivity index (χ4n) is 1.70. The number of rotatable bonds is 5. The molecule has 0 fully saturated rings. The first kappa shape index (κ1) is 15.3. The number of pyridine rings is 1. The number of carbonyl (C=O) groups is 1. The Hall–Kier alpha value is -2.07. The molecular weight excluding hydrogens is 286 g/mol. The van der Waals surface area contributed by atoms with Crippen LogP contribution in [-0.4, -0.2) is 17.4 Å². The smallest absolute Gasteiger partial charge is 0.274 e. The van der Waals surface area contributed by atoms with Gasteiger partial charge in [0.05, 0.1) is 22.6 Å². The van der Waals surface area contributed by atoms with Gasteiger partial charge in [0.25, 0.3) is 5.91 Å². The second kappa shape index (κ2) is 7.09. The third-order valence-corrected chi connectivity index (χ3v) is 3.16. The predicted octanol–water partition coefficient (Wildman–Crippen LogP) is 4.06. The molecule has 0 saturated carbocycles. The Morgan fingerprint density at radius 3 is 2.62 bits per heavy atom. The first-order valence-corrected chi connectivity index (χ1v) is 7.20. The van der Waals surface area contributed by atoms with E-state index in [0.717, 1.165) is 12.2 Å². The fourth-order valence-corrected chi connectivity index (χ4v) is 1.89. The fraction of sp³-hybridized carbons (Fsp3) is 0.250. The van der Waals surface area contributed by atoms with E-state index in [1.54, 1.807) is 24.4 Å². The van der Waals surface area contributed by atoms with Gasteiger partial charge in [-0.25, -0.2) is 4.98 Å². The van der Waals surface area contributed by atoms with Gasteiger partial charge >= 0.3 is 0 Å². The average Bonchev–Trinajstić information content (AvgIpc) is 2.48. The van der Waals surface area contributed by atoms with Gasteiger partial charge in [0.2, 0.25) is 0 Å². The molecule has 5 heteroatoms. The monoisotopic (exact) mass is 303 g/mol. The lowest BCUT2D eigenvalue weighted by atomic mass is 10.2. The normalized spacial score (nSPS) is 10.5. The molecule has 2 N–H and O–H groups in total. The average molecular weight is 304 g/mol. The van der Waals surface area contributed by atoms with Crippen molar-refractivity contribution in [1.82, 2.24) is 4.98 Å². The van der Waals surface area contributed by atoms with Crippen molar-refractivity contribution in [2.75, 3.05) is 17.2 Å². The molecule has 0 unspecified atom stereocenters. The van der Waals surface area contributed by atoms with Crippen molar-refractivity contribution in [3.05, 3.63) is 53.3 Å². The Morgan fingerprint density at radius 1 is 1.24 bits per heavy atom. The van der Waals surface area contributed by atoms with Crippen molar-refractivity contribution in [2.24, 2.45) is 5.92 Å². The number of hydrogen-bond donors (Lipinski definition) is 2. The third kappa shape index (κ3) is 4.46. The molecule has 0 aliphatic carbocycles. The number of para-hydroxylation sites is 1. The van der Waals surface area contributed by atoms with E-state index in [2.05, 4.69) is 29.5 Å². The van der Waals surface area contributed by atoms with Crippen LogP contribution in [0.5, 0.6) is 0 Å². The largest absolute Gasteiger partial charge is 0.384 e. The number of amides is 1. The topological polar surface area (TPSA) is 54.0 Å². The standard InChI is InChI=1S/C16H18ClN3O/c1-11(2)9-18-12-7-8-15(19-10-12)16(21)20-14-6-4-3-5-13(14)17/h3-8,10-11,18H,9H2,1-2H3,(H,20,21). The quantitative estimate of drug-likeness (QED) is 0.876. The van der Waals surface area contributed by atoms with Crippen molar-refractivity contribution in [3.8, 4) is 0 Å². The van der Waals surface area contributed by atoms with Gasteiger partial charge in [-0.2, -0.15) is 0 Å². The summed E-state index contributed by atoms with van der Waals surface area (Å²) in [7, 11) is 0. The summed E-state index contributed by atoms with van der Waals surface area (Å²) >= 11 is 6.01. The van der Waals surface area contributed by atoms with Crippen LogP contribution in [0.4, 0.5) is 11.4 Å². The minimum atomic E-state index is -0.279. The molecule has 4 nitrogen and oxygen atoms in total. The zero-order chi connectivity index (χ0) is 15.2. The van der Waals surface area contributed by atoms with Crippen LogP contribution in [0.1, 0.15) is 24.3 Å². The number of nitrogens with one attached hydrogen (secondary N) is 2. The second-order valence-corrected chi connectivity index (χ2v) is 5.55. The van der Waals surface area contributed by atoms with Gasteiger partial charge in [-0.1, -0.05) is 37.6 Å². The predicted molar refractivity (Wildman–Crippen MR) is 87.0 cm³/mol. The summed E-state index contributed by atoms with van der Waals surface area (Å²) in [6, 6.07) is 10.6. The number of anilines is 2. The van der Waals surface area contributed by atoms with E-state index in [4.69, 9.17) is 11.6 Å². The van der Waals surface area contributed by atoms with Gasteiger partial charge in [0.1, 0.15) is 5.69 Å². The van der Waals surface area contributed by atoms with Gasteiger partial charge in [0.15, 0.2) is 0 Å². The highest BCUT2D eigenvalue weighted by Crippen LogP contribution is 2.21. The zero-order valence-electron chi connectivity index (χ0n) is 12.1. The van der Waals surface area contributed by atoms with Crippen LogP contribution in [0.2, 0.25) is 5.02 Å². The molecule has 1 amide bonds. The van der Waals surface area contributed by atoms with Crippen LogP contribution in [0, 0.1) is 5.92 Å². The SMILES string of the molecule is CC(C)CNc1ccc(C(=O)Nc2ccccc2Cl)nc1. The number of aromatic nitrogens is 1. The van der Waals surface area contributed by atoms with E-state index in [0.29, 0.717) is 22.3 Å². The summed E-state index contributed by atoms with van der Waals surface area (Å²) in [5.74, 6) is 0.270. The van der Waals surface area contributed by atoms with E-state index < -0.39 is 0 Å². The molecule has 21 heavy (non-hydrogen) atoms. The van der Waals surface area contributed by atoms with Gasteiger partial charge < -0.3 is 10.6 Å². The van der Waals surface area contributed by atoms with Gasteiger partial charge in [-0.05, 0) is 30.2 Å². The highest BCUT2D eigenvalue weighted by molar-refractivity contribution is 6.33. The molecule has 1 aromatic carbocycles. The maximum absolute atomic E-state index is 12.1. The van der Waals surface area contributed by atoms with Crippen LogP contribution >= 0.6 is 11.6 Å². The van der Waals surface area contributed by atoms with Crippen molar-refractivity contribution in [1.29, 1.82) is 0 Å². The van der Waals surface area contributed by atoms with Gasteiger partial charge in [0, 0.05) is 6.54 Å². The first-order chi connectivity index (χ1) is 10.1. The molecule has 1 heterocycles. The minimum Gasteiger partial charge on any atom is -0.384 e. The Morgan fingerprint density at radius 2 is 2.00 bits per heavy atom. The molecule has 2 rings (SSSR count). The van der Waals surface area contributed by atoms with Gasteiger partial charge in [-0.15, -0.1) is 0 Å². The van der Waals surface area contributed by atoms with Crippen LogP contribution in [-0.2, 0) is 0 Å². The molecule has 110 valence electrons. The Kier molecular flexibility index (Phi) is 5.17. The molecule has 2 aromatic rings. The summed E-state index contributed by atoms with van der Waals surface area (Å²) < 4.78 is 0. The molecule has 0 spiro atoms. The Balaban J connectivity index is 2.01. The highest BCUT2D eigenvalue weighted by atomic mass is 35.5. The van der Waals surface area contributed by atoms with Crippen molar-refractivity contribution < 1.29 is 4.79 Å². The summed E-state index contributed by atoms with van der Waals surface area (Å²) in [6.07, 6.45) is 1.66. The van der Waals surface area contributed by atoms with Crippen molar-refractivity contribution >= 4 is 28.9 Å². The molecular formula is C16H18ClN3O. The lowest BCUT2D eigenvalue weighted by Crippen LogP contribution is -2.14. The number of halogens is 1. The molecule has 0 radical (unpaired) electrons. The number of carbonyl (C=O) groups excluding carboxylic acids is 1. The van der Waals surface area contributed by atoms with Crippen LogP contribution in [0.3, 0.4) is 0 Å². The Labute approximate surface area is 129 Å². The van der Waals surface area contributed by atoms with E-state index >= 15 is 0 Å². The van der Waals surface area contributed by atoms with Crippen molar-refractivity contribution in [2.45, 2.75) is 13.8 Å². The van der Waals surface area contributed by atoms with E-state index in [1.165, 1.54) is 0 Å². The number of hydrogen-bond acceptors (Lipinski definition) is 3. The van der Waals surface area contributed by atoms with Crippen LogP contribution in [0.15, 0.2) is 42.6 Å². The molecule has 1 aromatic heterocycles. The second-order valence-electron chi connectivity index (χ2n) is 5.14. The first-order valence-electron chi connectivity index (χ1n) is 6.82. The maximum atomic E-state index is 12.1. The van der Waals surface area contributed by atoms with E-state index in [-0.39, 0.29) is 5.91 Å². The number of nitrogens with zero attached hydrogens (tertiary/aromatic N) is 1. The molecule has 0 bridgehead atoms. The van der Waals surface area contributed by atoms with Crippen LogP contribution < -0.4 is 10.6 Å². The molecule has 0 saturated heterocycles. The molecule has 0 aliphatic heterocycles.